The van der Waals surface area contributed by atoms with Crippen LogP contribution in [0.1, 0.15) is 33.4 Å². The molecule has 1 radical (unpaired) electrons. The van der Waals surface area contributed by atoms with Gasteiger partial charge in [-0.3, -0.25) is 0 Å². The molecule has 0 saturated carbocycles. The number of rotatable bonds is 2. The lowest BCUT2D eigenvalue weighted by molar-refractivity contribution is 1.23. The first-order valence-corrected chi connectivity index (χ1v) is 16.8. The zero-order valence-corrected chi connectivity index (χ0v) is 32.6. The Bertz CT molecular complexity index is 743. The molecule has 0 fully saturated rings. The third kappa shape index (κ3) is 9.30. The van der Waals surface area contributed by atoms with Crippen LogP contribution in [0.4, 0.5) is 0 Å². The van der Waals surface area contributed by atoms with Gasteiger partial charge < -0.3 is 0 Å². The summed E-state index contributed by atoms with van der Waals surface area (Å²) in [6.07, 6.45) is 2.12. The average Bonchev–Trinajstić information content (AvgIpc) is 2.51. The molecule has 0 N–H and O–H groups in total. The van der Waals surface area contributed by atoms with Gasteiger partial charge in [-0.05, 0) is 45.5 Å². The van der Waals surface area contributed by atoms with Crippen molar-refractivity contribution < 1.29 is 0 Å². The largest absolute Gasteiger partial charge is 0.159 e. The fourth-order valence-corrected chi connectivity index (χ4v) is 5.06. The summed E-state index contributed by atoms with van der Waals surface area (Å²) >= 11 is 43.4. The molecule has 2 rings (SSSR count). The van der Waals surface area contributed by atoms with Crippen LogP contribution in [-0.2, 0) is 8.57 Å². The Hall–Kier alpha value is 4.20. The third-order valence-corrected chi connectivity index (χ3v) is 9.05. The van der Waals surface area contributed by atoms with Crippen LogP contribution in [-0.4, -0.2) is 0 Å². The molecule has 0 unspecified atom stereocenters. The van der Waals surface area contributed by atoms with E-state index in [1.165, 1.54) is 0 Å². The van der Waals surface area contributed by atoms with Gasteiger partial charge >= 0.3 is 0 Å². The van der Waals surface area contributed by atoms with Crippen LogP contribution in [0.15, 0.2) is 36.4 Å². The van der Waals surface area contributed by atoms with Crippen molar-refractivity contribution in [1.29, 1.82) is 0 Å². The Morgan fingerprint density at radius 3 is 0.759 bits per heavy atom. The zero-order chi connectivity index (χ0) is 22.4. The SMILES string of the molecule is BrC(Br)(Br)c1cc([CH]c2cc(C(Br)(Br)Br)cc(C(Br)(Br)Br)c2)cc(C(Br)(Br)Br)c1. The van der Waals surface area contributed by atoms with E-state index in [4.69, 9.17) is 0 Å². The van der Waals surface area contributed by atoms with Crippen LogP contribution in [0.3, 0.4) is 0 Å². The van der Waals surface area contributed by atoms with Gasteiger partial charge in [0.1, 0.15) is 0 Å². The molecule has 12 heteroatoms. The molecule has 2 aromatic carbocycles. The average molecular weight is 1170 g/mol. The highest BCUT2D eigenvalue weighted by Gasteiger charge is 2.29. The van der Waals surface area contributed by atoms with E-state index in [0.717, 1.165) is 33.4 Å². The van der Waals surface area contributed by atoms with Crippen molar-refractivity contribution in [1.82, 2.24) is 0 Å². The van der Waals surface area contributed by atoms with Gasteiger partial charge in [0.25, 0.3) is 0 Å². The van der Waals surface area contributed by atoms with Gasteiger partial charge in [-0.15, -0.1) is 0 Å². The molecular weight excluding hydrogens is 1160 g/mol. The third-order valence-electron chi connectivity index (χ3n) is 3.55. The van der Waals surface area contributed by atoms with Crippen molar-refractivity contribution in [3.05, 3.63) is 76.2 Å². The molecule has 0 nitrogen and oxygen atoms in total. The van der Waals surface area contributed by atoms with Crippen LogP contribution in [0.25, 0.3) is 0 Å². The molecule has 0 saturated heterocycles. The first kappa shape index (κ1) is 29.4. The minimum absolute atomic E-state index is 0.537. The first-order chi connectivity index (χ1) is 12.9. The van der Waals surface area contributed by atoms with Crippen molar-refractivity contribution in [2.24, 2.45) is 0 Å². The Labute approximate surface area is 271 Å². The Balaban J connectivity index is 2.61. The van der Waals surface area contributed by atoms with Crippen LogP contribution in [0, 0.1) is 6.42 Å². The van der Waals surface area contributed by atoms with Gasteiger partial charge in [0, 0.05) is 6.42 Å². The molecule has 0 heterocycles. The van der Waals surface area contributed by atoms with Gasteiger partial charge in [0.2, 0.25) is 0 Å². The van der Waals surface area contributed by atoms with Crippen molar-refractivity contribution in [2.75, 3.05) is 0 Å². The fourth-order valence-electron chi connectivity index (χ4n) is 2.32. The number of halogens is 12. The number of hydrogen-bond acceptors (Lipinski definition) is 0. The molecule has 0 atom stereocenters. The lowest BCUT2D eigenvalue weighted by Crippen LogP contribution is -2.07. The molecule has 0 bridgehead atoms. The van der Waals surface area contributed by atoms with Gasteiger partial charge in [-0.25, -0.2) is 0 Å². The Morgan fingerprint density at radius 2 is 0.586 bits per heavy atom. The van der Waals surface area contributed by atoms with Gasteiger partial charge in [0.15, 0.2) is 8.57 Å². The molecular formula is C17H7Br12. The maximum Gasteiger partial charge on any atom is 0.159 e. The summed E-state index contributed by atoms with van der Waals surface area (Å²) in [5, 5.41) is 0. The summed E-state index contributed by atoms with van der Waals surface area (Å²) in [5.41, 5.74) is 6.08. The number of alkyl halides is 12. The predicted molar refractivity (Wildman–Crippen MR) is 169 cm³/mol. The van der Waals surface area contributed by atoms with Crippen molar-refractivity contribution in [2.45, 2.75) is 8.57 Å². The van der Waals surface area contributed by atoms with Crippen LogP contribution in [0.5, 0.6) is 0 Å². The highest BCUT2D eigenvalue weighted by molar-refractivity contribution is 9.39. The molecule has 159 valence electrons. The summed E-state index contributed by atoms with van der Waals surface area (Å²) in [5.74, 6) is 0. The van der Waals surface area contributed by atoms with Crippen LogP contribution in [0.2, 0.25) is 0 Å². The summed E-state index contributed by atoms with van der Waals surface area (Å²) < 4.78 is -2.15. The van der Waals surface area contributed by atoms with Crippen molar-refractivity contribution in [3.63, 3.8) is 0 Å². The predicted octanol–water partition coefficient (Wildman–Crippen LogP) is 12.5. The van der Waals surface area contributed by atoms with Gasteiger partial charge in [0.05, 0.1) is 0 Å². The second-order valence-electron chi connectivity index (χ2n) is 5.82. The smallest absolute Gasteiger partial charge is 0.0546 e. The minimum atomic E-state index is -0.537. The van der Waals surface area contributed by atoms with E-state index in [2.05, 4.69) is 234 Å². The molecule has 0 amide bonds. The van der Waals surface area contributed by atoms with Crippen LogP contribution >= 0.6 is 191 Å². The monoisotopic (exact) mass is 1160 g/mol. The summed E-state index contributed by atoms with van der Waals surface area (Å²) in [6, 6.07) is 12.5. The maximum absolute atomic E-state index is 3.62. The Morgan fingerprint density at radius 1 is 0.379 bits per heavy atom. The highest BCUT2D eigenvalue weighted by Crippen LogP contribution is 2.51. The van der Waals surface area contributed by atoms with Crippen molar-refractivity contribution in [3.8, 4) is 0 Å². The second kappa shape index (κ2) is 11.1. The standard InChI is InChI=1S/C17H7Br12/c18-14(19,20)10-2-8(3-11(6-10)15(21,22)23)1-9-4-12(16(24,25)26)7-13(5-9)17(27,28)29/h1-7H. The minimum Gasteiger partial charge on any atom is -0.0546 e. The normalized spacial score (nSPS) is 13.7. The molecule has 0 aliphatic rings. The van der Waals surface area contributed by atoms with E-state index < -0.39 is 8.57 Å². The lowest BCUT2D eigenvalue weighted by atomic mass is 9.98. The molecule has 0 aliphatic carbocycles. The molecule has 29 heavy (non-hydrogen) atoms. The molecule has 2 aromatic rings. The Kier molecular flexibility index (Phi) is 11.2. The molecule has 0 aliphatic heterocycles. The maximum atomic E-state index is 3.62. The second-order valence-corrected chi connectivity index (χ2v) is 32.9. The molecule has 0 spiro atoms. The first-order valence-electron chi connectivity index (χ1n) is 7.31. The van der Waals surface area contributed by atoms with E-state index in [-0.39, 0.29) is 0 Å². The summed E-state index contributed by atoms with van der Waals surface area (Å²) in [6.45, 7) is 0. The fraction of sp³-hybridized carbons (Fsp3) is 0.235. The van der Waals surface area contributed by atoms with E-state index >= 15 is 0 Å². The van der Waals surface area contributed by atoms with Gasteiger partial charge in [-0.1, -0.05) is 215 Å². The van der Waals surface area contributed by atoms with Crippen LogP contribution < -0.4 is 0 Å². The zero-order valence-electron chi connectivity index (χ0n) is 13.6. The van der Waals surface area contributed by atoms with E-state index in [0.29, 0.717) is 0 Å². The summed E-state index contributed by atoms with van der Waals surface area (Å²) in [7, 11) is 0. The van der Waals surface area contributed by atoms with Gasteiger partial charge in [-0.2, -0.15) is 0 Å². The van der Waals surface area contributed by atoms with E-state index in [9.17, 15) is 0 Å². The number of hydrogen-bond donors (Lipinski definition) is 0. The van der Waals surface area contributed by atoms with E-state index in [1.54, 1.807) is 0 Å². The summed E-state index contributed by atoms with van der Waals surface area (Å²) in [4.78, 5) is 0. The van der Waals surface area contributed by atoms with E-state index in [1.807, 2.05) is 0 Å². The number of benzene rings is 2. The topological polar surface area (TPSA) is 0 Å². The lowest BCUT2D eigenvalue weighted by Gasteiger charge is -2.22. The van der Waals surface area contributed by atoms with Crippen molar-refractivity contribution >= 4 is 191 Å². The molecule has 0 aromatic heterocycles. The highest BCUT2D eigenvalue weighted by atomic mass is 80.0. The quantitative estimate of drug-likeness (QED) is 0.263.